The third-order valence-electron chi connectivity index (χ3n) is 7.87. The Hall–Kier alpha value is -5.36. The van der Waals surface area contributed by atoms with E-state index >= 15 is 0 Å². The highest BCUT2D eigenvalue weighted by Gasteiger charge is 2.30. The predicted molar refractivity (Wildman–Crippen MR) is 164 cm³/mol. The number of nitriles is 1. The van der Waals surface area contributed by atoms with Crippen molar-refractivity contribution in [3.8, 4) is 17.6 Å². The van der Waals surface area contributed by atoms with Crippen molar-refractivity contribution in [1.82, 2.24) is 0 Å². The number of nitrogens with one attached hydrogen (secondary N) is 1. The van der Waals surface area contributed by atoms with Gasteiger partial charge >= 0.3 is 11.9 Å². The molecule has 0 radical (unpaired) electrons. The van der Waals surface area contributed by atoms with E-state index in [1.165, 1.54) is 25.3 Å². The lowest BCUT2D eigenvalue weighted by Gasteiger charge is -2.28. The number of rotatable bonds is 9. The van der Waals surface area contributed by atoms with Gasteiger partial charge in [-0.3, -0.25) is 9.59 Å². The highest BCUT2D eigenvalue weighted by Crippen LogP contribution is 2.34. The van der Waals surface area contributed by atoms with Crippen molar-refractivity contribution in [3.05, 3.63) is 101 Å². The average molecular weight is 593 g/mol. The van der Waals surface area contributed by atoms with Crippen molar-refractivity contribution in [2.24, 2.45) is 5.92 Å². The lowest BCUT2D eigenvalue weighted by molar-refractivity contribution is -0.151. The molecule has 0 saturated heterocycles. The van der Waals surface area contributed by atoms with Crippen molar-refractivity contribution in [3.63, 3.8) is 0 Å². The molecule has 0 heterocycles. The first-order chi connectivity index (χ1) is 21.3. The maximum Gasteiger partial charge on any atom is 0.337 e. The zero-order valence-electron chi connectivity index (χ0n) is 24.5. The molecule has 9 nitrogen and oxygen atoms in total. The Balaban J connectivity index is 1.24. The summed E-state index contributed by atoms with van der Waals surface area (Å²) in [5, 5.41) is 24.1. The summed E-state index contributed by atoms with van der Waals surface area (Å²) in [6, 6.07) is 23.5. The van der Waals surface area contributed by atoms with E-state index < -0.39 is 11.9 Å². The van der Waals surface area contributed by atoms with Gasteiger partial charge in [0, 0.05) is 6.07 Å². The number of carboxylic acid groups (broad SMARTS) is 1. The van der Waals surface area contributed by atoms with E-state index in [0.717, 1.165) is 21.9 Å². The number of amides is 1. The third kappa shape index (κ3) is 6.65. The standard InChI is InChI=1S/C35H32N2O7/c1-21-10-15-28(34(39)40)30(16-21)37-33(38)29-18-31(25(19-36)17-32(29)42-2)44-26-13-11-23(12-14-26)35(41)43-20-24-8-5-7-22-6-3-4-9-27(22)24/h3-10,15-18,23,26H,11-14,20H2,1-2H3,(H,37,38)(H,39,40). The van der Waals surface area contributed by atoms with E-state index in [4.69, 9.17) is 14.2 Å². The van der Waals surface area contributed by atoms with Gasteiger partial charge in [0.2, 0.25) is 0 Å². The molecule has 4 aromatic carbocycles. The number of fused-ring (bicyclic) bond motifs is 1. The Morgan fingerprint density at radius 2 is 1.68 bits per heavy atom. The number of aromatic carboxylic acids is 1. The van der Waals surface area contributed by atoms with Crippen LogP contribution in [-0.2, 0) is 16.1 Å². The minimum Gasteiger partial charge on any atom is -0.496 e. The zero-order chi connectivity index (χ0) is 31.2. The van der Waals surface area contributed by atoms with E-state index in [0.29, 0.717) is 25.7 Å². The SMILES string of the molecule is COc1cc(C#N)c(OC2CCC(C(=O)OCc3cccc4ccccc34)CC2)cc1C(=O)Nc1cc(C)ccc1C(=O)O. The number of aryl methyl sites for hydroxylation is 1. The van der Waals surface area contributed by atoms with Crippen LogP contribution in [0.1, 0.15) is 63.1 Å². The Morgan fingerprint density at radius 1 is 0.932 bits per heavy atom. The predicted octanol–water partition coefficient (Wildman–Crippen LogP) is 6.66. The van der Waals surface area contributed by atoms with E-state index in [9.17, 15) is 24.8 Å². The molecule has 0 aliphatic heterocycles. The number of hydrogen-bond donors (Lipinski definition) is 2. The number of carbonyl (C=O) groups is 3. The molecule has 224 valence electrons. The van der Waals surface area contributed by atoms with Gasteiger partial charge in [-0.1, -0.05) is 48.5 Å². The number of nitrogens with zero attached hydrogens (tertiary/aromatic N) is 1. The lowest BCUT2D eigenvalue weighted by atomic mass is 9.87. The Labute approximate surface area is 255 Å². The fourth-order valence-corrected chi connectivity index (χ4v) is 5.51. The summed E-state index contributed by atoms with van der Waals surface area (Å²) >= 11 is 0. The van der Waals surface area contributed by atoms with Crippen molar-refractivity contribution in [1.29, 1.82) is 5.26 Å². The van der Waals surface area contributed by atoms with Crippen LogP contribution in [0.3, 0.4) is 0 Å². The molecule has 0 bridgehead atoms. The molecule has 2 N–H and O–H groups in total. The van der Waals surface area contributed by atoms with Gasteiger partial charge in [-0.25, -0.2) is 4.79 Å². The van der Waals surface area contributed by atoms with Crippen LogP contribution in [-0.4, -0.2) is 36.2 Å². The zero-order valence-corrected chi connectivity index (χ0v) is 24.5. The molecule has 4 aromatic rings. The van der Waals surface area contributed by atoms with Crippen LogP contribution in [0.5, 0.6) is 11.5 Å². The first-order valence-electron chi connectivity index (χ1n) is 14.3. The second-order valence-corrected chi connectivity index (χ2v) is 10.8. The maximum absolute atomic E-state index is 13.3. The minimum atomic E-state index is -1.18. The summed E-state index contributed by atoms with van der Waals surface area (Å²) in [5.74, 6) is -1.92. The number of ether oxygens (including phenoxy) is 3. The number of hydrogen-bond acceptors (Lipinski definition) is 7. The molecule has 1 aliphatic rings. The quantitative estimate of drug-likeness (QED) is 0.206. The molecule has 0 aromatic heterocycles. The normalized spacial score (nSPS) is 16.0. The lowest BCUT2D eigenvalue weighted by Crippen LogP contribution is -2.29. The molecule has 44 heavy (non-hydrogen) atoms. The molecule has 1 saturated carbocycles. The Morgan fingerprint density at radius 3 is 2.41 bits per heavy atom. The average Bonchev–Trinajstić information content (AvgIpc) is 3.03. The van der Waals surface area contributed by atoms with Crippen LogP contribution in [0.4, 0.5) is 5.69 Å². The maximum atomic E-state index is 13.3. The number of carboxylic acids is 1. The molecule has 9 heteroatoms. The summed E-state index contributed by atoms with van der Waals surface area (Å²) in [7, 11) is 1.38. The Kier molecular flexibility index (Phi) is 9.10. The van der Waals surface area contributed by atoms with Crippen LogP contribution in [0.25, 0.3) is 10.8 Å². The Bertz CT molecular complexity index is 1760. The van der Waals surface area contributed by atoms with Gasteiger partial charge in [0.05, 0.1) is 41.5 Å². The summed E-state index contributed by atoms with van der Waals surface area (Å²) in [6.45, 7) is 1.99. The van der Waals surface area contributed by atoms with Gasteiger partial charge in [-0.05, 0) is 72.7 Å². The minimum absolute atomic E-state index is 0.0551. The van der Waals surface area contributed by atoms with E-state index in [1.807, 2.05) is 42.5 Å². The van der Waals surface area contributed by atoms with Crippen molar-refractivity contribution >= 4 is 34.3 Å². The van der Waals surface area contributed by atoms with Gasteiger partial charge in [-0.15, -0.1) is 0 Å². The molecule has 1 aliphatic carbocycles. The smallest absolute Gasteiger partial charge is 0.337 e. The molecule has 0 spiro atoms. The molecule has 0 atom stereocenters. The van der Waals surface area contributed by atoms with Crippen LogP contribution in [0, 0.1) is 24.2 Å². The van der Waals surface area contributed by atoms with Crippen LogP contribution in [0.15, 0.2) is 72.8 Å². The largest absolute Gasteiger partial charge is 0.496 e. The highest BCUT2D eigenvalue weighted by molar-refractivity contribution is 6.09. The first kappa shape index (κ1) is 30.1. The number of benzene rings is 4. The topological polar surface area (TPSA) is 135 Å². The summed E-state index contributed by atoms with van der Waals surface area (Å²) in [5.41, 5.74) is 2.09. The van der Waals surface area contributed by atoms with Crippen LogP contribution in [0.2, 0.25) is 0 Å². The molecule has 5 rings (SSSR count). The van der Waals surface area contributed by atoms with Crippen LogP contribution >= 0.6 is 0 Å². The third-order valence-corrected chi connectivity index (χ3v) is 7.87. The van der Waals surface area contributed by atoms with Crippen molar-refractivity contribution in [2.75, 3.05) is 12.4 Å². The van der Waals surface area contributed by atoms with E-state index in [2.05, 4.69) is 11.4 Å². The molecule has 0 unspecified atom stereocenters. The summed E-state index contributed by atoms with van der Waals surface area (Å²) in [4.78, 5) is 37.9. The second kappa shape index (κ2) is 13.3. The number of carbonyl (C=O) groups excluding carboxylic acids is 2. The number of methoxy groups -OCH3 is 1. The fraction of sp³-hybridized carbons (Fsp3) is 0.257. The number of anilines is 1. The summed E-state index contributed by atoms with van der Waals surface area (Å²) < 4.78 is 17.3. The monoisotopic (exact) mass is 592 g/mol. The van der Waals surface area contributed by atoms with Gasteiger partial charge in [-0.2, -0.15) is 5.26 Å². The number of esters is 1. The molecular weight excluding hydrogens is 560 g/mol. The van der Waals surface area contributed by atoms with Gasteiger partial charge < -0.3 is 24.6 Å². The van der Waals surface area contributed by atoms with E-state index in [1.54, 1.807) is 19.1 Å². The van der Waals surface area contributed by atoms with Gasteiger partial charge in [0.1, 0.15) is 24.2 Å². The molecule has 1 amide bonds. The first-order valence-corrected chi connectivity index (χ1v) is 14.3. The van der Waals surface area contributed by atoms with E-state index in [-0.39, 0.29) is 58.5 Å². The summed E-state index contributed by atoms with van der Waals surface area (Å²) in [6.07, 6.45) is 1.99. The second-order valence-electron chi connectivity index (χ2n) is 10.8. The van der Waals surface area contributed by atoms with Gasteiger partial charge in [0.15, 0.2) is 0 Å². The van der Waals surface area contributed by atoms with Crippen molar-refractivity contribution < 1.29 is 33.7 Å². The van der Waals surface area contributed by atoms with Crippen LogP contribution < -0.4 is 14.8 Å². The van der Waals surface area contributed by atoms with Gasteiger partial charge in [0.25, 0.3) is 5.91 Å². The molecule has 1 fully saturated rings. The van der Waals surface area contributed by atoms with Crippen molar-refractivity contribution in [2.45, 2.75) is 45.3 Å². The fourth-order valence-electron chi connectivity index (χ4n) is 5.51. The highest BCUT2D eigenvalue weighted by atomic mass is 16.5. The molecular formula is C35H32N2O7.